The van der Waals surface area contributed by atoms with Crippen LogP contribution >= 0.6 is 0 Å². The van der Waals surface area contributed by atoms with Gasteiger partial charge in [0.25, 0.3) is 5.91 Å². The molecule has 0 unspecified atom stereocenters. The molecule has 6 nitrogen and oxygen atoms in total. The normalized spacial score (nSPS) is 16.8. The largest absolute Gasteiger partial charge is 0.486 e. The average Bonchev–Trinajstić information content (AvgIpc) is 2.91. The highest BCUT2D eigenvalue weighted by atomic mass is 16.6. The van der Waals surface area contributed by atoms with E-state index in [1.54, 1.807) is 13.0 Å². The highest BCUT2D eigenvalue weighted by Gasteiger charge is 2.22. The van der Waals surface area contributed by atoms with Crippen LogP contribution in [0, 0.1) is 6.92 Å². The van der Waals surface area contributed by atoms with Crippen LogP contribution in [0.25, 0.3) is 0 Å². The van der Waals surface area contributed by atoms with Gasteiger partial charge in [-0.2, -0.15) is 0 Å². The lowest BCUT2D eigenvalue weighted by Gasteiger charge is -2.26. The van der Waals surface area contributed by atoms with Gasteiger partial charge in [0.1, 0.15) is 12.7 Å². The summed E-state index contributed by atoms with van der Waals surface area (Å²) in [6.45, 7) is 2.49. The average molecular weight is 274 g/mol. The van der Waals surface area contributed by atoms with E-state index in [4.69, 9.17) is 14.0 Å². The van der Waals surface area contributed by atoms with Crippen LogP contribution in [0.1, 0.15) is 16.2 Å². The number of hydrogen-bond acceptors (Lipinski definition) is 5. The van der Waals surface area contributed by atoms with Crippen molar-refractivity contribution in [3.8, 4) is 11.5 Å². The Labute approximate surface area is 115 Å². The maximum atomic E-state index is 11.8. The Morgan fingerprint density at radius 2 is 2.20 bits per heavy atom. The molecule has 0 fully saturated rings. The molecule has 0 radical (unpaired) electrons. The van der Waals surface area contributed by atoms with Gasteiger partial charge in [-0.3, -0.25) is 4.79 Å². The van der Waals surface area contributed by atoms with Crippen molar-refractivity contribution in [1.82, 2.24) is 10.5 Å². The number of fused-ring (bicyclic) bond motifs is 1. The zero-order chi connectivity index (χ0) is 13.9. The molecular formula is C14H14N2O4. The van der Waals surface area contributed by atoms with Crippen LogP contribution in [-0.4, -0.2) is 30.3 Å². The highest BCUT2D eigenvalue weighted by Crippen LogP contribution is 2.30. The number of carbonyl (C=O) groups excluding carboxylic acids is 1. The molecule has 0 saturated heterocycles. The number of hydrogen-bond donors (Lipinski definition) is 1. The molecule has 1 aliphatic heterocycles. The zero-order valence-electron chi connectivity index (χ0n) is 11.0. The lowest BCUT2D eigenvalue weighted by atomic mass is 10.2. The van der Waals surface area contributed by atoms with Gasteiger partial charge in [0, 0.05) is 6.07 Å². The van der Waals surface area contributed by atoms with Crippen LogP contribution in [0.15, 0.2) is 34.9 Å². The molecule has 1 aromatic carbocycles. The molecule has 0 spiro atoms. The lowest BCUT2D eigenvalue weighted by Crippen LogP contribution is -2.40. The summed E-state index contributed by atoms with van der Waals surface area (Å²) in [7, 11) is 0. The summed E-state index contributed by atoms with van der Waals surface area (Å²) in [6.07, 6.45) is -0.224. The second-order valence-corrected chi connectivity index (χ2v) is 4.54. The molecule has 3 rings (SSSR count). The number of aryl methyl sites for hydroxylation is 1. The van der Waals surface area contributed by atoms with Crippen LogP contribution in [0.5, 0.6) is 11.5 Å². The number of aromatic nitrogens is 1. The summed E-state index contributed by atoms with van der Waals surface area (Å²) in [5, 5.41) is 6.41. The Morgan fingerprint density at radius 3 is 2.95 bits per heavy atom. The van der Waals surface area contributed by atoms with Crippen LogP contribution < -0.4 is 14.8 Å². The molecule has 1 N–H and O–H groups in total. The summed E-state index contributed by atoms with van der Waals surface area (Å²) in [5.74, 6) is 1.29. The van der Waals surface area contributed by atoms with Crippen LogP contribution in [0.3, 0.4) is 0 Å². The smallest absolute Gasteiger partial charge is 0.290 e. The number of para-hydroxylation sites is 2. The maximum absolute atomic E-state index is 11.8. The molecule has 1 aliphatic rings. The molecule has 1 atom stereocenters. The summed E-state index contributed by atoms with van der Waals surface area (Å²) >= 11 is 0. The Hall–Kier alpha value is -2.50. The van der Waals surface area contributed by atoms with E-state index in [0.29, 0.717) is 24.6 Å². The van der Waals surface area contributed by atoms with Crippen molar-refractivity contribution < 1.29 is 18.8 Å². The molecule has 2 aromatic rings. The van der Waals surface area contributed by atoms with E-state index in [1.807, 2.05) is 24.3 Å². The molecule has 104 valence electrons. The third-order valence-corrected chi connectivity index (χ3v) is 2.91. The summed E-state index contributed by atoms with van der Waals surface area (Å²) < 4.78 is 16.2. The summed E-state index contributed by atoms with van der Waals surface area (Å²) in [4.78, 5) is 11.8. The number of benzene rings is 1. The molecule has 20 heavy (non-hydrogen) atoms. The molecular weight excluding hydrogens is 260 g/mol. The fraction of sp³-hybridized carbons (Fsp3) is 0.286. The van der Waals surface area contributed by atoms with Crippen molar-refractivity contribution in [2.75, 3.05) is 13.2 Å². The van der Waals surface area contributed by atoms with Gasteiger partial charge < -0.3 is 19.3 Å². The first-order chi connectivity index (χ1) is 9.72. The predicted molar refractivity (Wildman–Crippen MR) is 69.9 cm³/mol. The van der Waals surface area contributed by atoms with E-state index in [1.165, 1.54) is 0 Å². The first-order valence-electron chi connectivity index (χ1n) is 6.32. The minimum absolute atomic E-state index is 0.194. The van der Waals surface area contributed by atoms with Gasteiger partial charge in [0.2, 0.25) is 5.76 Å². The zero-order valence-corrected chi connectivity index (χ0v) is 11.0. The van der Waals surface area contributed by atoms with Crippen LogP contribution in [0.4, 0.5) is 0 Å². The molecule has 0 bridgehead atoms. The van der Waals surface area contributed by atoms with Crippen molar-refractivity contribution >= 4 is 5.91 Å². The maximum Gasteiger partial charge on any atom is 0.290 e. The van der Waals surface area contributed by atoms with Gasteiger partial charge in [-0.15, -0.1) is 0 Å². The minimum Gasteiger partial charge on any atom is -0.486 e. The van der Waals surface area contributed by atoms with E-state index in [-0.39, 0.29) is 17.8 Å². The van der Waals surface area contributed by atoms with Crippen molar-refractivity contribution in [2.45, 2.75) is 13.0 Å². The monoisotopic (exact) mass is 274 g/mol. The van der Waals surface area contributed by atoms with Gasteiger partial charge in [0.15, 0.2) is 11.5 Å². The molecule has 0 aliphatic carbocycles. The summed E-state index contributed by atoms with van der Waals surface area (Å²) in [5.41, 5.74) is 0.668. The van der Waals surface area contributed by atoms with E-state index in [9.17, 15) is 4.79 Å². The number of rotatable bonds is 3. The Bertz CT molecular complexity index is 623. The number of ether oxygens (including phenoxy) is 2. The minimum atomic E-state index is -0.312. The Kier molecular flexibility index (Phi) is 3.28. The molecule has 1 aromatic heterocycles. The van der Waals surface area contributed by atoms with Gasteiger partial charge in [0.05, 0.1) is 12.2 Å². The fourth-order valence-electron chi connectivity index (χ4n) is 1.93. The van der Waals surface area contributed by atoms with Crippen LogP contribution in [-0.2, 0) is 0 Å². The highest BCUT2D eigenvalue weighted by molar-refractivity contribution is 5.91. The fourth-order valence-corrected chi connectivity index (χ4v) is 1.93. The third kappa shape index (κ3) is 2.59. The third-order valence-electron chi connectivity index (χ3n) is 2.91. The lowest BCUT2D eigenvalue weighted by molar-refractivity contribution is 0.0768. The number of amides is 1. The van der Waals surface area contributed by atoms with E-state index in [0.717, 1.165) is 5.75 Å². The molecule has 1 amide bonds. The first-order valence-corrected chi connectivity index (χ1v) is 6.32. The van der Waals surface area contributed by atoms with Gasteiger partial charge >= 0.3 is 0 Å². The quantitative estimate of drug-likeness (QED) is 0.919. The van der Waals surface area contributed by atoms with Gasteiger partial charge in [-0.1, -0.05) is 17.3 Å². The second kappa shape index (κ2) is 5.24. The molecule has 0 saturated carbocycles. The number of nitrogens with one attached hydrogen (secondary N) is 1. The van der Waals surface area contributed by atoms with Gasteiger partial charge in [-0.05, 0) is 19.1 Å². The topological polar surface area (TPSA) is 73.6 Å². The van der Waals surface area contributed by atoms with Crippen molar-refractivity contribution in [2.24, 2.45) is 0 Å². The van der Waals surface area contributed by atoms with E-state index in [2.05, 4.69) is 10.5 Å². The first kappa shape index (κ1) is 12.5. The second-order valence-electron chi connectivity index (χ2n) is 4.54. The van der Waals surface area contributed by atoms with E-state index < -0.39 is 0 Å². The Balaban J connectivity index is 1.56. The summed E-state index contributed by atoms with van der Waals surface area (Å²) in [6, 6.07) is 9.03. The predicted octanol–water partition coefficient (Wildman–Crippen LogP) is 1.55. The van der Waals surface area contributed by atoms with Gasteiger partial charge in [-0.25, -0.2) is 0 Å². The van der Waals surface area contributed by atoms with Crippen molar-refractivity contribution in [1.29, 1.82) is 0 Å². The standard InChI is InChI=1S/C14H14N2O4/c1-9-6-13(20-16-9)14(17)15-7-10-8-18-11-4-2-3-5-12(11)19-10/h2-6,10H,7-8H2,1H3,(H,15,17)/t10-/m1/s1. The van der Waals surface area contributed by atoms with Crippen molar-refractivity contribution in [3.05, 3.63) is 41.8 Å². The SMILES string of the molecule is Cc1cc(C(=O)NC[C@@H]2COc3ccccc3O2)on1. The number of carbonyl (C=O) groups is 1. The number of nitrogens with zero attached hydrogens (tertiary/aromatic N) is 1. The Morgan fingerprint density at radius 1 is 1.40 bits per heavy atom. The van der Waals surface area contributed by atoms with Crippen molar-refractivity contribution in [3.63, 3.8) is 0 Å². The van der Waals surface area contributed by atoms with Crippen LogP contribution in [0.2, 0.25) is 0 Å². The molecule has 2 heterocycles. The van der Waals surface area contributed by atoms with E-state index >= 15 is 0 Å². The molecule has 6 heteroatoms.